The zero-order valence-electron chi connectivity index (χ0n) is 13.0. The van der Waals surface area contributed by atoms with Crippen LogP contribution in [0.5, 0.6) is 0 Å². The van der Waals surface area contributed by atoms with Crippen LogP contribution in [0.3, 0.4) is 0 Å². The largest absolute Gasteiger partial charge is 0.297 e. The maximum absolute atomic E-state index is 2.65. The van der Waals surface area contributed by atoms with Crippen molar-refractivity contribution >= 4 is 0 Å². The Kier molecular flexibility index (Phi) is 4.72. The first kappa shape index (κ1) is 14.3. The van der Waals surface area contributed by atoms with Crippen molar-refractivity contribution in [2.75, 3.05) is 13.1 Å². The summed E-state index contributed by atoms with van der Waals surface area (Å²) in [6.07, 6.45) is 5.14. The van der Waals surface area contributed by atoms with E-state index in [0.717, 1.165) is 6.42 Å². The second-order valence-corrected chi connectivity index (χ2v) is 6.13. The summed E-state index contributed by atoms with van der Waals surface area (Å²) in [5.74, 6) is 0. The Morgan fingerprint density at radius 1 is 0.857 bits per heavy atom. The number of nitrogens with zero attached hydrogens (tertiary/aromatic N) is 1. The first-order valence-corrected chi connectivity index (χ1v) is 8.20. The fraction of sp³-hybridized carbons (Fsp3) is 0.400. The van der Waals surface area contributed by atoms with Crippen LogP contribution in [0.15, 0.2) is 54.6 Å². The van der Waals surface area contributed by atoms with Gasteiger partial charge in [0.25, 0.3) is 0 Å². The van der Waals surface area contributed by atoms with Crippen LogP contribution in [-0.2, 0) is 6.42 Å². The molecule has 1 aliphatic heterocycles. The summed E-state index contributed by atoms with van der Waals surface area (Å²) in [6, 6.07) is 20.3. The quantitative estimate of drug-likeness (QED) is 0.775. The van der Waals surface area contributed by atoms with Crippen molar-refractivity contribution in [3.63, 3.8) is 0 Å². The third kappa shape index (κ3) is 3.54. The monoisotopic (exact) mass is 279 g/mol. The molecule has 0 amide bonds. The highest BCUT2D eigenvalue weighted by Crippen LogP contribution is 2.27. The molecule has 0 saturated carbocycles. The molecule has 1 heterocycles. The Hall–Kier alpha value is -1.60. The van der Waals surface area contributed by atoms with Gasteiger partial charge in [0.15, 0.2) is 0 Å². The molecule has 1 aliphatic rings. The van der Waals surface area contributed by atoms with Gasteiger partial charge in [-0.3, -0.25) is 4.90 Å². The number of benzene rings is 2. The Morgan fingerprint density at radius 2 is 1.52 bits per heavy atom. The molecule has 0 radical (unpaired) electrons. The van der Waals surface area contributed by atoms with Crippen LogP contribution in [0, 0.1) is 0 Å². The minimum Gasteiger partial charge on any atom is -0.297 e. The summed E-state index contributed by atoms with van der Waals surface area (Å²) < 4.78 is 0. The van der Waals surface area contributed by atoms with E-state index in [4.69, 9.17) is 0 Å². The van der Waals surface area contributed by atoms with Gasteiger partial charge in [-0.15, -0.1) is 0 Å². The average molecular weight is 279 g/mol. The van der Waals surface area contributed by atoms with Gasteiger partial charge in [0, 0.05) is 6.04 Å². The summed E-state index contributed by atoms with van der Waals surface area (Å²) in [7, 11) is 0. The van der Waals surface area contributed by atoms with Crippen LogP contribution in [0.1, 0.15) is 48.9 Å². The van der Waals surface area contributed by atoms with Crippen LogP contribution < -0.4 is 0 Å². The van der Waals surface area contributed by atoms with Crippen molar-refractivity contribution < 1.29 is 0 Å². The number of piperidine rings is 1. The minimum atomic E-state index is 0.533. The SMILES string of the molecule is CC(c1ccccc1Cc1ccccc1)N1CCCCC1. The number of rotatable bonds is 4. The third-order valence-corrected chi connectivity index (χ3v) is 4.68. The molecule has 1 saturated heterocycles. The lowest BCUT2D eigenvalue weighted by Crippen LogP contribution is -2.32. The molecule has 2 aromatic rings. The topological polar surface area (TPSA) is 3.24 Å². The van der Waals surface area contributed by atoms with Gasteiger partial charge in [0.1, 0.15) is 0 Å². The third-order valence-electron chi connectivity index (χ3n) is 4.68. The van der Waals surface area contributed by atoms with E-state index in [1.807, 2.05) is 0 Å². The van der Waals surface area contributed by atoms with Crippen molar-refractivity contribution in [1.82, 2.24) is 4.90 Å². The second-order valence-electron chi connectivity index (χ2n) is 6.13. The van der Waals surface area contributed by atoms with Crippen molar-refractivity contribution in [3.05, 3.63) is 71.3 Å². The molecular formula is C20H25N. The van der Waals surface area contributed by atoms with Crippen molar-refractivity contribution in [3.8, 4) is 0 Å². The Balaban J connectivity index is 1.81. The maximum atomic E-state index is 2.65. The molecular weight excluding hydrogens is 254 g/mol. The number of likely N-dealkylation sites (tertiary alicyclic amines) is 1. The standard InChI is InChI=1S/C20H25N/c1-17(21-14-8-3-9-15-21)20-13-7-6-12-19(20)16-18-10-4-2-5-11-18/h2,4-7,10-13,17H,3,8-9,14-16H2,1H3. The van der Waals surface area contributed by atoms with E-state index in [2.05, 4.69) is 66.4 Å². The molecule has 3 rings (SSSR count). The molecule has 1 heteroatoms. The lowest BCUT2D eigenvalue weighted by Gasteiger charge is -2.33. The molecule has 110 valence electrons. The average Bonchev–Trinajstić information content (AvgIpc) is 2.56. The predicted molar refractivity (Wildman–Crippen MR) is 89.5 cm³/mol. The molecule has 0 aromatic heterocycles. The molecule has 0 N–H and O–H groups in total. The van der Waals surface area contributed by atoms with Gasteiger partial charge in [-0.25, -0.2) is 0 Å². The van der Waals surface area contributed by atoms with Gasteiger partial charge in [-0.05, 0) is 56.0 Å². The zero-order valence-corrected chi connectivity index (χ0v) is 13.0. The molecule has 21 heavy (non-hydrogen) atoms. The molecule has 0 aliphatic carbocycles. The summed E-state index contributed by atoms with van der Waals surface area (Å²) in [5.41, 5.74) is 4.38. The highest BCUT2D eigenvalue weighted by atomic mass is 15.2. The van der Waals surface area contributed by atoms with Gasteiger partial charge in [-0.2, -0.15) is 0 Å². The zero-order chi connectivity index (χ0) is 14.5. The summed E-state index contributed by atoms with van der Waals surface area (Å²) in [5, 5.41) is 0. The van der Waals surface area contributed by atoms with Crippen LogP contribution in [0.25, 0.3) is 0 Å². The molecule has 0 bridgehead atoms. The fourth-order valence-electron chi connectivity index (χ4n) is 3.42. The predicted octanol–water partition coefficient (Wildman–Crippen LogP) is 4.82. The summed E-state index contributed by atoms with van der Waals surface area (Å²) in [6.45, 7) is 4.87. The van der Waals surface area contributed by atoms with E-state index in [1.165, 1.54) is 49.0 Å². The smallest absolute Gasteiger partial charge is 0.0322 e. The van der Waals surface area contributed by atoms with E-state index < -0.39 is 0 Å². The normalized spacial score (nSPS) is 17.6. The first-order valence-electron chi connectivity index (χ1n) is 8.20. The van der Waals surface area contributed by atoms with Crippen LogP contribution in [0.4, 0.5) is 0 Å². The second kappa shape index (κ2) is 6.91. The van der Waals surface area contributed by atoms with Crippen molar-refractivity contribution in [2.45, 2.75) is 38.6 Å². The maximum Gasteiger partial charge on any atom is 0.0322 e. The fourth-order valence-corrected chi connectivity index (χ4v) is 3.42. The summed E-state index contributed by atoms with van der Waals surface area (Å²) >= 11 is 0. The molecule has 1 atom stereocenters. The number of hydrogen-bond acceptors (Lipinski definition) is 1. The lowest BCUT2D eigenvalue weighted by molar-refractivity contribution is 0.174. The van der Waals surface area contributed by atoms with Crippen LogP contribution in [0.2, 0.25) is 0 Å². The minimum absolute atomic E-state index is 0.533. The Bertz CT molecular complexity index is 555. The van der Waals surface area contributed by atoms with E-state index in [0.29, 0.717) is 6.04 Å². The van der Waals surface area contributed by atoms with E-state index in [9.17, 15) is 0 Å². The van der Waals surface area contributed by atoms with Gasteiger partial charge >= 0.3 is 0 Å². The highest BCUT2D eigenvalue weighted by molar-refractivity contribution is 5.34. The van der Waals surface area contributed by atoms with E-state index in [1.54, 1.807) is 0 Å². The van der Waals surface area contributed by atoms with Crippen LogP contribution >= 0.6 is 0 Å². The van der Waals surface area contributed by atoms with Gasteiger partial charge in [0.05, 0.1) is 0 Å². The molecule has 0 spiro atoms. The molecule has 2 aromatic carbocycles. The van der Waals surface area contributed by atoms with Crippen molar-refractivity contribution in [2.24, 2.45) is 0 Å². The van der Waals surface area contributed by atoms with Gasteiger partial charge in [0.2, 0.25) is 0 Å². The van der Waals surface area contributed by atoms with Gasteiger partial charge in [-0.1, -0.05) is 61.0 Å². The summed E-state index contributed by atoms with van der Waals surface area (Å²) in [4.78, 5) is 2.65. The lowest BCUT2D eigenvalue weighted by atomic mass is 9.94. The molecule has 1 fully saturated rings. The van der Waals surface area contributed by atoms with Gasteiger partial charge < -0.3 is 0 Å². The number of hydrogen-bond donors (Lipinski definition) is 0. The van der Waals surface area contributed by atoms with Crippen molar-refractivity contribution in [1.29, 1.82) is 0 Å². The van der Waals surface area contributed by atoms with Crippen LogP contribution in [-0.4, -0.2) is 18.0 Å². The molecule has 1 nitrogen and oxygen atoms in total. The Labute approximate surface area is 128 Å². The van der Waals surface area contributed by atoms with E-state index in [-0.39, 0.29) is 0 Å². The highest BCUT2D eigenvalue weighted by Gasteiger charge is 2.20. The van der Waals surface area contributed by atoms with E-state index >= 15 is 0 Å². The first-order chi connectivity index (χ1) is 10.3. The molecule has 1 unspecified atom stereocenters. The Morgan fingerprint density at radius 3 is 2.29 bits per heavy atom.